The van der Waals surface area contributed by atoms with Crippen LogP contribution in [0.3, 0.4) is 0 Å². The number of aryl methyl sites for hydroxylation is 1. The van der Waals surface area contributed by atoms with Crippen molar-refractivity contribution in [2.75, 3.05) is 0 Å². The fourth-order valence-electron chi connectivity index (χ4n) is 3.11. The van der Waals surface area contributed by atoms with Crippen LogP contribution >= 0.6 is 0 Å². The predicted molar refractivity (Wildman–Crippen MR) is 88.0 cm³/mol. The summed E-state index contributed by atoms with van der Waals surface area (Å²) in [5.41, 5.74) is 2.50. The zero-order chi connectivity index (χ0) is 15.3. The molecule has 21 heavy (non-hydrogen) atoms. The molecule has 1 aromatic carbocycles. The van der Waals surface area contributed by atoms with Gasteiger partial charge >= 0.3 is 0 Å². The van der Waals surface area contributed by atoms with Crippen LogP contribution in [0.5, 0.6) is 11.5 Å². The van der Waals surface area contributed by atoms with E-state index in [4.69, 9.17) is 4.74 Å². The minimum Gasteiger partial charge on any atom is -0.508 e. The molecule has 116 valence electrons. The van der Waals surface area contributed by atoms with E-state index in [1.54, 1.807) is 6.07 Å². The van der Waals surface area contributed by atoms with Crippen LogP contribution in [0.15, 0.2) is 29.8 Å². The van der Waals surface area contributed by atoms with Crippen molar-refractivity contribution in [2.24, 2.45) is 0 Å². The van der Waals surface area contributed by atoms with E-state index in [0.717, 1.165) is 43.4 Å². The van der Waals surface area contributed by atoms with Gasteiger partial charge in [0, 0.05) is 0 Å². The Morgan fingerprint density at radius 1 is 1.33 bits per heavy atom. The molecule has 1 heterocycles. The van der Waals surface area contributed by atoms with Crippen LogP contribution in [0.25, 0.3) is 0 Å². The number of unbranched alkanes of at least 4 members (excludes halogenated alkanes) is 1. The van der Waals surface area contributed by atoms with Crippen LogP contribution in [0.4, 0.5) is 0 Å². The Labute approximate surface area is 128 Å². The van der Waals surface area contributed by atoms with Crippen molar-refractivity contribution < 1.29 is 9.84 Å². The van der Waals surface area contributed by atoms with Gasteiger partial charge in [0.05, 0.1) is 0 Å². The molecule has 1 aromatic rings. The van der Waals surface area contributed by atoms with Gasteiger partial charge in [-0.15, -0.1) is 0 Å². The standard InChI is InChI=1S/C19H28O2/c1-4-5-11-19(12-6-7-15(2)3)13-10-16-14-17(20)8-9-18(16)21-19/h7-9,14,20H,4-6,10-13H2,1-3H3. The summed E-state index contributed by atoms with van der Waals surface area (Å²) in [4.78, 5) is 0. The second kappa shape index (κ2) is 7.02. The van der Waals surface area contributed by atoms with E-state index in [-0.39, 0.29) is 5.60 Å². The van der Waals surface area contributed by atoms with Gasteiger partial charge in [0.25, 0.3) is 0 Å². The molecule has 2 nitrogen and oxygen atoms in total. The number of aromatic hydroxyl groups is 1. The minimum absolute atomic E-state index is 0.0219. The molecule has 1 aliphatic rings. The van der Waals surface area contributed by atoms with Gasteiger partial charge in [-0.05, 0) is 76.1 Å². The maximum Gasteiger partial charge on any atom is 0.123 e. The average Bonchev–Trinajstić information content (AvgIpc) is 2.45. The number of benzene rings is 1. The molecule has 0 radical (unpaired) electrons. The van der Waals surface area contributed by atoms with Crippen molar-refractivity contribution in [3.8, 4) is 11.5 Å². The summed E-state index contributed by atoms with van der Waals surface area (Å²) in [6.07, 6.45) is 10.1. The molecule has 2 heteroatoms. The van der Waals surface area contributed by atoms with Crippen molar-refractivity contribution in [3.05, 3.63) is 35.4 Å². The Morgan fingerprint density at radius 3 is 2.86 bits per heavy atom. The highest BCUT2D eigenvalue weighted by Gasteiger charge is 2.35. The molecule has 1 aliphatic heterocycles. The summed E-state index contributed by atoms with van der Waals surface area (Å²) >= 11 is 0. The normalized spacial score (nSPS) is 20.5. The Kier molecular flexibility index (Phi) is 5.33. The second-order valence-electron chi connectivity index (χ2n) is 6.50. The summed E-state index contributed by atoms with van der Waals surface area (Å²) in [5, 5.41) is 9.60. The summed E-state index contributed by atoms with van der Waals surface area (Å²) in [5.74, 6) is 1.30. The fraction of sp³-hybridized carbons (Fsp3) is 0.579. The third kappa shape index (κ3) is 4.26. The van der Waals surface area contributed by atoms with Crippen molar-refractivity contribution >= 4 is 0 Å². The molecule has 0 aromatic heterocycles. The monoisotopic (exact) mass is 288 g/mol. The van der Waals surface area contributed by atoms with Crippen molar-refractivity contribution in [1.82, 2.24) is 0 Å². The van der Waals surface area contributed by atoms with Crippen molar-refractivity contribution in [2.45, 2.75) is 71.3 Å². The number of allylic oxidation sites excluding steroid dienone is 2. The lowest BCUT2D eigenvalue weighted by Crippen LogP contribution is -2.39. The van der Waals surface area contributed by atoms with Gasteiger partial charge in [-0.1, -0.05) is 25.0 Å². The summed E-state index contributed by atoms with van der Waals surface area (Å²) in [6.45, 7) is 6.54. The van der Waals surface area contributed by atoms with Crippen molar-refractivity contribution in [3.63, 3.8) is 0 Å². The first-order valence-electron chi connectivity index (χ1n) is 8.19. The SMILES string of the molecule is CCCCC1(CCC=C(C)C)CCc2cc(O)ccc2O1. The summed E-state index contributed by atoms with van der Waals surface area (Å²) in [6, 6.07) is 5.49. The first-order chi connectivity index (χ1) is 10.0. The van der Waals surface area contributed by atoms with Crippen LogP contribution < -0.4 is 4.74 Å². The molecule has 1 N–H and O–H groups in total. The number of phenols is 1. The molecule has 1 unspecified atom stereocenters. The molecule has 0 aliphatic carbocycles. The zero-order valence-electron chi connectivity index (χ0n) is 13.6. The molecule has 1 atom stereocenters. The molecule has 0 spiro atoms. The van der Waals surface area contributed by atoms with E-state index in [1.807, 2.05) is 12.1 Å². The molecule has 0 saturated carbocycles. The maximum absolute atomic E-state index is 9.60. The lowest BCUT2D eigenvalue weighted by atomic mass is 9.83. The lowest BCUT2D eigenvalue weighted by molar-refractivity contribution is 0.0276. The highest BCUT2D eigenvalue weighted by molar-refractivity contribution is 5.41. The Balaban J connectivity index is 2.14. The number of phenolic OH excluding ortho intramolecular Hbond substituents is 1. The topological polar surface area (TPSA) is 29.5 Å². The Hall–Kier alpha value is -1.44. The van der Waals surface area contributed by atoms with E-state index in [0.29, 0.717) is 5.75 Å². The summed E-state index contributed by atoms with van der Waals surface area (Å²) in [7, 11) is 0. The van der Waals surface area contributed by atoms with Gasteiger partial charge < -0.3 is 9.84 Å². The average molecular weight is 288 g/mol. The Bertz CT molecular complexity index is 500. The van der Waals surface area contributed by atoms with Gasteiger partial charge in [-0.2, -0.15) is 0 Å². The second-order valence-corrected chi connectivity index (χ2v) is 6.50. The highest BCUT2D eigenvalue weighted by Crippen LogP contribution is 2.40. The van der Waals surface area contributed by atoms with E-state index in [1.165, 1.54) is 18.4 Å². The quantitative estimate of drug-likeness (QED) is 0.711. The first-order valence-corrected chi connectivity index (χ1v) is 8.19. The van der Waals surface area contributed by atoms with Gasteiger partial charge in [0.15, 0.2) is 0 Å². The molecule has 0 bridgehead atoms. The smallest absolute Gasteiger partial charge is 0.123 e. The van der Waals surface area contributed by atoms with Gasteiger partial charge in [-0.3, -0.25) is 0 Å². The van der Waals surface area contributed by atoms with E-state index in [9.17, 15) is 5.11 Å². The molecule has 0 fully saturated rings. The van der Waals surface area contributed by atoms with Crippen LogP contribution in [-0.2, 0) is 6.42 Å². The van der Waals surface area contributed by atoms with Gasteiger partial charge in [0.1, 0.15) is 17.1 Å². The highest BCUT2D eigenvalue weighted by atomic mass is 16.5. The first kappa shape index (κ1) is 15.9. The van der Waals surface area contributed by atoms with E-state index in [2.05, 4.69) is 26.8 Å². The van der Waals surface area contributed by atoms with Crippen LogP contribution in [0.1, 0.15) is 64.9 Å². The maximum atomic E-state index is 9.60. The largest absolute Gasteiger partial charge is 0.508 e. The van der Waals surface area contributed by atoms with Crippen LogP contribution in [0, 0.1) is 0 Å². The predicted octanol–water partition coefficient (Wildman–Crippen LogP) is 5.39. The fourth-order valence-corrected chi connectivity index (χ4v) is 3.11. The summed E-state index contributed by atoms with van der Waals surface area (Å²) < 4.78 is 6.42. The number of ether oxygens (including phenoxy) is 1. The number of hydrogen-bond acceptors (Lipinski definition) is 2. The lowest BCUT2D eigenvalue weighted by Gasteiger charge is -2.39. The van der Waals surface area contributed by atoms with Crippen molar-refractivity contribution in [1.29, 1.82) is 0 Å². The van der Waals surface area contributed by atoms with Gasteiger partial charge in [-0.25, -0.2) is 0 Å². The number of rotatable bonds is 6. The molecular formula is C19H28O2. The molecule has 0 amide bonds. The van der Waals surface area contributed by atoms with E-state index < -0.39 is 0 Å². The molecule has 0 saturated heterocycles. The molecular weight excluding hydrogens is 260 g/mol. The number of hydrogen-bond donors (Lipinski definition) is 1. The minimum atomic E-state index is -0.0219. The third-order valence-electron chi connectivity index (χ3n) is 4.36. The van der Waals surface area contributed by atoms with E-state index >= 15 is 0 Å². The van der Waals surface area contributed by atoms with Crippen LogP contribution in [0.2, 0.25) is 0 Å². The molecule has 2 rings (SSSR count). The number of fused-ring (bicyclic) bond motifs is 1. The van der Waals surface area contributed by atoms with Gasteiger partial charge in [0.2, 0.25) is 0 Å². The Morgan fingerprint density at radius 2 is 2.14 bits per heavy atom. The zero-order valence-corrected chi connectivity index (χ0v) is 13.6. The third-order valence-corrected chi connectivity index (χ3v) is 4.36. The van der Waals surface area contributed by atoms with Crippen LogP contribution in [-0.4, -0.2) is 10.7 Å².